The van der Waals surface area contributed by atoms with Crippen molar-refractivity contribution in [3.63, 3.8) is 0 Å². The minimum absolute atomic E-state index is 0.244. The van der Waals surface area contributed by atoms with Gasteiger partial charge in [0.25, 0.3) is 0 Å². The van der Waals surface area contributed by atoms with E-state index in [0.717, 1.165) is 37.4 Å². The fourth-order valence-electron chi connectivity index (χ4n) is 2.64. The minimum atomic E-state index is 0.244. The van der Waals surface area contributed by atoms with Crippen LogP contribution in [0.1, 0.15) is 57.5 Å². The zero-order valence-electron chi connectivity index (χ0n) is 13.2. The number of aromatic nitrogens is 2. The Bertz CT molecular complexity index is 451. The van der Waals surface area contributed by atoms with Crippen molar-refractivity contribution < 1.29 is 4.79 Å². The third kappa shape index (κ3) is 3.50. The molecule has 4 heteroatoms. The molecule has 1 amide bonds. The Morgan fingerprint density at radius 2 is 2.25 bits per heavy atom. The van der Waals surface area contributed by atoms with E-state index >= 15 is 0 Å². The van der Waals surface area contributed by atoms with Crippen LogP contribution in [0.2, 0.25) is 0 Å². The lowest BCUT2D eigenvalue weighted by Crippen LogP contribution is -2.39. The van der Waals surface area contributed by atoms with Gasteiger partial charge in [0.15, 0.2) is 0 Å². The van der Waals surface area contributed by atoms with E-state index in [0.29, 0.717) is 12.3 Å². The number of likely N-dealkylation sites (tertiary alicyclic amines) is 1. The van der Waals surface area contributed by atoms with Crippen molar-refractivity contribution in [2.24, 2.45) is 0 Å². The maximum absolute atomic E-state index is 11.8. The number of hydrogen-bond acceptors (Lipinski definition) is 2. The quantitative estimate of drug-likeness (QED) is 0.849. The van der Waals surface area contributed by atoms with Gasteiger partial charge in [0, 0.05) is 43.5 Å². The molecule has 1 aromatic rings. The molecule has 0 saturated carbocycles. The molecule has 1 aliphatic heterocycles. The SMILES string of the molecule is C=Cn1c(C)cnc1C1CCCN(C(=O)CC)C1.CC. The molecule has 0 N–H and O–H groups in total. The molecule has 2 rings (SSSR count). The molecular formula is C16H27N3O. The molecule has 20 heavy (non-hydrogen) atoms. The number of rotatable bonds is 3. The highest BCUT2D eigenvalue weighted by molar-refractivity contribution is 5.76. The van der Waals surface area contributed by atoms with Crippen LogP contribution in [0.4, 0.5) is 0 Å². The molecule has 0 aromatic carbocycles. The van der Waals surface area contributed by atoms with E-state index in [9.17, 15) is 4.79 Å². The Morgan fingerprint density at radius 3 is 2.85 bits per heavy atom. The molecule has 2 heterocycles. The van der Waals surface area contributed by atoms with Crippen LogP contribution in [-0.4, -0.2) is 33.4 Å². The van der Waals surface area contributed by atoms with Crippen LogP contribution in [0.3, 0.4) is 0 Å². The van der Waals surface area contributed by atoms with Crippen molar-refractivity contribution in [3.8, 4) is 0 Å². The zero-order chi connectivity index (χ0) is 15.1. The Hall–Kier alpha value is -1.58. The molecule has 1 aromatic heterocycles. The van der Waals surface area contributed by atoms with Gasteiger partial charge >= 0.3 is 0 Å². The van der Waals surface area contributed by atoms with Gasteiger partial charge in [-0.25, -0.2) is 4.98 Å². The lowest BCUT2D eigenvalue weighted by molar-refractivity contribution is -0.132. The second-order valence-corrected chi connectivity index (χ2v) is 4.84. The normalized spacial score (nSPS) is 18.2. The average Bonchev–Trinajstić information content (AvgIpc) is 2.89. The molecule has 112 valence electrons. The third-order valence-corrected chi connectivity index (χ3v) is 3.63. The first kappa shape index (κ1) is 16.5. The largest absolute Gasteiger partial charge is 0.342 e. The molecule has 1 fully saturated rings. The summed E-state index contributed by atoms with van der Waals surface area (Å²) in [6.07, 6.45) is 6.41. The van der Waals surface area contributed by atoms with Crippen molar-refractivity contribution in [2.75, 3.05) is 13.1 Å². The number of carbonyl (C=O) groups excluding carboxylic acids is 1. The van der Waals surface area contributed by atoms with Gasteiger partial charge in [-0.3, -0.25) is 4.79 Å². The predicted octanol–water partition coefficient (Wildman–Crippen LogP) is 3.43. The topological polar surface area (TPSA) is 38.1 Å². The van der Waals surface area contributed by atoms with Crippen LogP contribution >= 0.6 is 0 Å². The number of piperidine rings is 1. The van der Waals surface area contributed by atoms with E-state index in [2.05, 4.69) is 11.6 Å². The van der Waals surface area contributed by atoms with Crippen LogP contribution in [-0.2, 0) is 4.79 Å². The smallest absolute Gasteiger partial charge is 0.222 e. The summed E-state index contributed by atoms with van der Waals surface area (Å²) in [7, 11) is 0. The Balaban J connectivity index is 0.000000956. The maximum atomic E-state index is 11.8. The standard InChI is InChI=1S/C14H21N3O.C2H6/c1-4-13(18)16-8-6-7-12(10-16)14-15-9-11(3)17(14)5-2;1-2/h5,9,12H,2,4,6-8,10H2,1,3H3;1-2H3. The summed E-state index contributed by atoms with van der Waals surface area (Å²) in [6.45, 7) is 13.4. The minimum Gasteiger partial charge on any atom is -0.342 e. The van der Waals surface area contributed by atoms with E-state index < -0.39 is 0 Å². The highest BCUT2D eigenvalue weighted by atomic mass is 16.2. The van der Waals surface area contributed by atoms with Crippen molar-refractivity contribution in [1.82, 2.24) is 14.5 Å². The van der Waals surface area contributed by atoms with Crippen LogP contribution in [0.15, 0.2) is 12.8 Å². The van der Waals surface area contributed by atoms with E-state index in [1.807, 2.05) is 43.4 Å². The lowest BCUT2D eigenvalue weighted by Gasteiger charge is -2.32. The van der Waals surface area contributed by atoms with Gasteiger partial charge in [-0.15, -0.1) is 0 Å². The first-order valence-electron chi connectivity index (χ1n) is 7.61. The molecule has 0 bridgehead atoms. The van der Waals surface area contributed by atoms with Gasteiger partial charge in [0.1, 0.15) is 5.82 Å². The van der Waals surface area contributed by atoms with E-state index in [-0.39, 0.29) is 5.91 Å². The fourth-order valence-corrected chi connectivity index (χ4v) is 2.64. The van der Waals surface area contributed by atoms with Gasteiger partial charge in [0.05, 0.1) is 0 Å². The molecule has 1 unspecified atom stereocenters. The van der Waals surface area contributed by atoms with Crippen molar-refractivity contribution in [2.45, 2.75) is 52.9 Å². The molecule has 1 atom stereocenters. The first-order chi connectivity index (χ1) is 9.67. The van der Waals surface area contributed by atoms with Crippen molar-refractivity contribution in [1.29, 1.82) is 0 Å². The summed E-state index contributed by atoms with van der Waals surface area (Å²) in [5.41, 5.74) is 1.10. The maximum Gasteiger partial charge on any atom is 0.222 e. The van der Waals surface area contributed by atoms with Crippen LogP contribution in [0, 0.1) is 6.92 Å². The molecule has 0 aliphatic carbocycles. The van der Waals surface area contributed by atoms with Gasteiger partial charge in [-0.05, 0) is 19.8 Å². The van der Waals surface area contributed by atoms with E-state index in [1.54, 1.807) is 6.20 Å². The Labute approximate surface area is 122 Å². The molecular weight excluding hydrogens is 250 g/mol. The summed E-state index contributed by atoms with van der Waals surface area (Å²) in [6, 6.07) is 0. The summed E-state index contributed by atoms with van der Waals surface area (Å²) in [4.78, 5) is 18.2. The predicted molar refractivity (Wildman–Crippen MR) is 83.5 cm³/mol. The number of aryl methyl sites for hydroxylation is 1. The van der Waals surface area contributed by atoms with E-state index in [1.165, 1.54) is 0 Å². The first-order valence-corrected chi connectivity index (χ1v) is 7.61. The number of imidazole rings is 1. The summed E-state index contributed by atoms with van der Waals surface area (Å²) in [5.74, 6) is 1.62. The van der Waals surface area contributed by atoms with Gasteiger partial charge in [0.2, 0.25) is 5.91 Å². The van der Waals surface area contributed by atoms with Crippen LogP contribution in [0.25, 0.3) is 6.20 Å². The highest BCUT2D eigenvalue weighted by Gasteiger charge is 2.26. The monoisotopic (exact) mass is 277 g/mol. The molecule has 0 spiro atoms. The third-order valence-electron chi connectivity index (χ3n) is 3.63. The molecule has 0 radical (unpaired) electrons. The van der Waals surface area contributed by atoms with Crippen molar-refractivity contribution >= 4 is 12.1 Å². The van der Waals surface area contributed by atoms with Gasteiger partial charge in [-0.1, -0.05) is 27.4 Å². The van der Waals surface area contributed by atoms with E-state index in [4.69, 9.17) is 0 Å². The lowest BCUT2D eigenvalue weighted by atomic mass is 9.97. The number of amides is 1. The highest BCUT2D eigenvalue weighted by Crippen LogP contribution is 2.27. The molecule has 1 saturated heterocycles. The second-order valence-electron chi connectivity index (χ2n) is 4.84. The molecule has 4 nitrogen and oxygen atoms in total. The zero-order valence-corrected chi connectivity index (χ0v) is 13.2. The number of hydrogen-bond donors (Lipinski definition) is 0. The Morgan fingerprint density at radius 1 is 1.55 bits per heavy atom. The summed E-state index contributed by atoms with van der Waals surface area (Å²) >= 11 is 0. The van der Waals surface area contributed by atoms with Crippen LogP contribution < -0.4 is 0 Å². The van der Waals surface area contributed by atoms with Crippen LogP contribution in [0.5, 0.6) is 0 Å². The van der Waals surface area contributed by atoms with Crippen molar-refractivity contribution in [3.05, 3.63) is 24.3 Å². The fraction of sp³-hybridized carbons (Fsp3) is 0.625. The van der Waals surface area contributed by atoms with Gasteiger partial charge in [-0.2, -0.15) is 0 Å². The second kappa shape index (κ2) is 7.88. The number of carbonyl (C=O) groups is 1. The number of nitrogens with zero attached hydrogens (tertiary/aromatic N) is 3. The average molecular weight is 277 g/mol. The van der Waals surface area contributed by atoms with Gasteiger partial charge < -0.3 is 9.47 Å². The summed E-state index contributed by atoms with van der Waals surface area (Å²) < 4.78 is 2.03. The molecule has 1 aliphatic rings. The summed E-state index contributed by atoms with van der Waals surface area (Å²) in [5, 5.41) is 0. The Kier molecular flexibility index (Phi) is 6.49.